The first-order valence-electron chi connectivity index (χ1n) is 9.19. The van der Waals surface area contributed by atoms with Crippen LogP contribution in [-0.2, 0) is 16.2 Å². The summed E-state index contributed by atoms with van der Waals surface area (Å²) in [6.07, 6.45) is -3.62. The molecule has 1 atom stereocenters. The SMILES string of the molecule is C[C@@H](NC(=O)c1ccc(-c2cccc(C(F)(F)F)c2)o1)c1ccc(NS(C)(=O)=O)c(F)c1. The molecule has 0 bridgehead atoms. The first kappa shape index (κ1) is 23.3. The van der Waals surface area contributed by atoms with Gasteiger partial charge in [-0.3, -0.25) is 9.52 Å². The Hall–Kier alpha value is -3.34. The van der Waals surface area contributed by atoms with Gasteiger partial charge in [-0.1, -0.05) is 18.2 Å². The molecule has 1 aromatic heterocycles. The zero-order chi connectivity index (χ0) is 23.7. The Labute approximate surface area is 181 Å². The van der Waals surface area contributed by atoms with Crippen LogP contribution in [-0.4, -0.2) is 20.6 Å². The molecule has 0 unspecified atom stereocenters. The molecule has 32 heavy (non-hydrogen) atoms. The molecule has 0 fully saturated rings. The number of benzene rings is 2. The minimum Gasteiger partial charge on any atom is -0.451 e. The Balaban J connectivity index is 1.73. The number of nitrogens with one attached hydrogen (secondary N) is 2. The molecule has 0 saturated carbocycles. The van der Waals surface area contributed by atoms with Gasteiger partial charge in [-0.25, -0.2) is 12.8 Å². The van der Waals surface area contributed by atoms with Gasteiger partial charge in [-0.15, -0.1) is 0 Å². The molecule has 11 heteroatoms. The summed E-state index contributed by atoms with van der Waals surface area (Å²) in [7, 11) is -3.65. The van der Waals surface area contributed by atoms with E-state index in [0.717, 1.165) is 24.5 Å². The molecule has 1 amide bonds. The van der Waals surface area contributed by atoms with Crippen LogP contribution < -0.4 is 10.0 Å². The lowest BCUT2D eigenvalue weighted by Crippen LogP contribution is -2.26. The number of amides is 1. The standard InChI is InChI=1S/C21H18F4N2O4S/c1-12(13-6-7-17(16(22)11-13)27-32(2,29)30)26-20(28)19-9-8-18(31-19)14-4-3-5-15(10-14)21(23,24)25/h3-12,27H,1-2H3,(H,26,28)/t12-/m1/s1. The van der Waals surface area contributed by atoms with Crippen molar-refractivity contribution in [2.24, 2.45) is 0 Å². The van der Waals surface area contributed by atoms with Crippen LogP contribution in [0.25, 0.3) is 11.3 Å². The van der Waals surface area contributed by atoms with Crippen molar-refractivity contribution in [3.05, 3.63) is 77.3 Å². The molecule has 0 aliphatic rings. The maximum Gasteiger partial charge on any atom is 0.416 e. The Morgan fingerprint density at radius 3 is 2.41 bits per heavy atom. The number of carbonyl (C=O) groups excluding carboxylic acids is 1. The molecule has 2 aromatic carbocycles. The van der Waals surface area contributed by atoms with Crippen molar-refractivity contribution < 1.29 is 35.2 Å². The summed E-state index contributed by atoms with van der Waals surface area (Å²) in [5, 5.41) is 2.59. The topological polar surface area (TPSA) is 88.4 Å². The minimum atomic E-state index is -4.51. The van der Waals surface area contributed by atoms with E-state index in [9.17, 15) is 30.8 Å². The second-order valence-corrected chi connectivity index (χ2v) is 8.80. The van der Waals surface area contributed by atoms with E-state index in [-0.39, 0.29) is 22.8 Å². The lowest BCUT2D eigenvalue weighted by atomic mass is 10.1. The average Bonchev–Trinajstić information content (AvgIpc) is 3.18. The highest BCUT2D eigenvalue weighted by molar-refractivity contribution is 7.92. The third-order valence-corrected chi connectivity index (χ3v) is 5.03. The van der Waals surface area contributed by atoms with Crippen molar-refractivity contribution in [2.75, 3.05) is 11.0 Å². The fourth-order valence-corrected chi connectivity index (χ4v) is 3.46. The van der Waals surface area contributed by atoms with Gasteiger partial charge in [0.15, 0.2) is 5.76 Å². The lowest BCUT2D eigenvalue weighted by molar-refractivity contribution is -0.137. The van der Waals surface area contributed by atoms with Gasteiger partial charge in [-0.05, 0) is 48.9 Å². The number of rotatable bonds is 6. The Morgan fingerprint density at radius 1 is 1.06 bits per heavy atom. The van der Waals surface area contributed by atoms with Gasteiger partial charge in [0.1, 0.15) is 11.6 Å². The molecule has 0 aliphatic heterocycles. The summed E-state index contributed by atoms with van der Waals surface area (Å²) in [6, 6.07) is 10.3. The molecule has 3 aromatic rings. The molecule has 1 heterocycles. The summed E-state index contributed by atoms with van der Waals surface area (Å²) < 4.78 is 82.8. The first-order valence-corrected chi connectivity index (χ1v) is 11.1. The van der Waals surface area contributed by atoms with Gasteiger partial charge in [0, 0.05) is 5.56 Å². The Kier molecular flexibility index (Phi) is 6.31. The van der Waals surface area contributed by atoms with Crippen LogP contribution in [0.15, 0.2) is 59.0 Å². The minimum absolute atomic E-state index is 0.0798. The quantitative estimate of drug-likeness (QED) is 0.498. The van der Waals surface area contributed by atoms with Crippen LogP contribution in [0.2, 0.25) is 0 Å². The van der Waals surface area contributed by atoms with Crippen LogP contribution in [0.5, 0.6) is 0 Å². The number of hydrogen-bond donors (Lipinski definition) is 2. The molecular formula is C21H18F4N2O4S. The van der Waals surface area contributed by atoms with E-state index in [1.54, 1.807) is 6.92 Å². The van der Waals surface area contributed by atoms with Crippen LogP contribution in [0.3, 0.4) is 0 Å². The largest absolute Gasteiger partial charge is 0.451 e. The second kappa shape index (κ2) is 8.65. The number of sulfonamides is 1. The van der Waals surface area contributed by atoms with Gasteiger partial charge >= 0.3 is 6.18 Å². The van der Waals surface area contributed by atoms with Crippen molar-refractivity contribution in [2.45, 2.75) is 19.1 Å². The monoisotopic (exact) mass is 470 g/mol. The van der Waals surface area contributed by atoms with Gasteiger partial charge in [-0.2, -0.15) is 13.2 Å². The Bertz CT molecular complexity index is 1250. The summed E-state index contributed by atoms with van der Waals surface area (Å²) in [4.78, 5) is 12.5. The maximum atomic E-state index is 14.2. The number of carbonyl (C=O) groups is 1. The van der Waals surface area contributed by atoms with Crippen LogP contribution in [0.1, 0.15) is 34.6 Å². The van der Waals surface area contributed by atoms with E-state index in [4.69, 9.17) is 4.42 Å². The van der Waals surface area contributed by atoms with Crippen LogP contribution in [0, 0.1) is 5.82 Å². The van der Waals surface area contributed by atoms with E-state index in [2.05, 4.69) is 5.32 Å². The second-order valence-electron chi connectivity index (χ2n) is 7.05. The number of furan rings is 1. The van der Waals surface area contributed by atoms with Gasteiger partial charge < -0.3 is 9.73 Å². The molecule has 0 saturated heterocycles. The van der Waals surface area contributed by atoms with Gasteiger partial charge in [0.2, 0.25) is 10.0 Å². The van der Waals surface area contributed by atoms with Gasteiger partial charge in [0.05, 0.1) is 23.5 Å². The summed E-state index contributed by atoms with van der Waals surface area (Å²) in [5.74, 6) is -1.54. The molecule has 0 spiro atoms. The smallest absolute Gasteiger partial charge is 0.416 e. The molecule has 2 N–H and O–H groups in total. The zero-order valence-electron chi connectivity index (χ0n) is 16.8. The van der Waals surface area contributed by atoms with E-state index in [1.165, 1.54) is 36.4 Å². The van der Waals surface area contributed by atoms with E-state index >= 15 is 0 Å². The lowest BCUT2D eigenvalue weighted by Gasteiger charge is -2.15. The van der Waals surface area contributed by atoms with Crippen LogP contribution in [0.4, 0.5) is 23.2 Å². The summed E-state index contributed by atoms with van der Waals surface area (Å²) in [5.41, 5.74) is -0.559. The number of halogens is 4. The number of alkyl halides is 3. The molecule has 0 radical (unpaired) electrons. The number of anilines is 1. The highest BCUT2D eigenvalue weighted by Gasteiger charge is 2.30. The van der Waals surface area contributed by atoms with Crippen LogP contribution >= 0.6 is 0 Å². The highest BCUT2D eigenvalue weighted by Crippen LogP contribution is 2.32. The van der Waals surface area contributed by atoms with Crippen molar-refractivity contribution in [3.63, 3.8) is 0 Å². The fraction of sp³-hybridized carbons (Fsp3) is 0.190. The predicted octanol–water partition coefficient (Wildman–Crippen LogP) is 4.97. The zero-order valence-corrected chi connectivity index (χ0v) is 17.6. The molecular weight excluding hydrogens is 452 g/mol. The third-order valence-electron chi connectivity index (χ3n) is 4.44. The first-order chi connectivity index (χ1) is 14.8. The summed E-state index contributed by atoms with van der Waals surface area (Å²) >= 11 is 0. The molecule has 3 rings (SSSR count). The predicted molar refractivity (Wildman–Crippen MR) is 110 cm³/mol. The molecule has 6 nitrogen and oxygen atoms in total. The van der Waals surface area contributed by atoms with Crippen molar-refractivity contribution in [1.29, 1.82) is 0 Å². The van der Waals surface area contributed by atoms with E-state index in [1.807, 2.05) is 4.72 Å². The van der Waals surface area contributed by atoms with E-state index < -0.39 is 39.5 Å². The Morgan fingerprint density at radius 2 is 1.78 bits per heavy atom. The number of hydrogen-bond acceptors (Lipinski definition) is 4. The third kappa shape index (κ3) is 5.67. The van der Waals surface area contributed by atoms with E-state index in [0.29, 0.717) is 5.56 Å². The van der Waals surface area contributed by atoms with Crippen molar-refractivity contribution in [1.82, 2.24) is 5.32 Å². The molecule has 0 aliphatic carbocycles. The molecule has 170 valence electrons. The normalized spacial score (nSPS) is 12.9. The van der Waals surface area contributed by atoms with Crippen molar-refractivity contribution >= 4 is 21.6 Å². The fourth-order valence-electron chi connectivity index (χ4n) is 2.90. The summed E-state index contributed by atoms with van der Waals surface area (Å²) in [6.45, 7) is 1.58. The maximum absolute atomic E-state index is 14.2. The highest BCUT2D eigenvalue weighted by atomic mass is 32.2. The average molecular weight is 470 g/mol. The van der Waals surface area contributed by atoms with Gasteiger partial charge in [0.25, 0.3) is 5.91 Å². The van der Waals surface area contributed by atoms with Crippen molar-refractivity contribution in [3.8, 4) is 11.3 Å².